The third-order valence-electron chi connectivity index (χ3n) is 2.67. The van der Waals surface area contributed by atoms with E-state index in [4.69, 9.17) is 17.3 Å². The van der Waals surface area contributed by atoms with Gasteiger partial charge in [0.1, 0.15) is 9.57 Å². The smallest absolute Gasteiger partial charge is 0.316 e. The van der Waals surface area contributed by atoms with Crippen molar-refractivity contribution in [2.45, 2.75) is 31.9 Å². The number of aliphatic carboxylic acids is 1. The Bertz CT molecular complexity index is 250. The SMILES string of the molecule is CC1CCN(C(=S)S[C@@H](C)C(=O)O)CC1. The first-order chi connectivity index (χ1) is 7.00. The first-order valence-corrected chi connectivity index (χ1v) is 6.48. The van der Waals surface area contributed by atoms with Crippen LogP contribution in [0, 0.1) is 5.92 Å². The van der Waals surface area contributed by atoms with Crippen molar-refractivity contribution in [1.82, 2.24) is 4.90 Å². The number of carbonyl (C=O) groups is 1. The summed E-state index contributed by atoms with van der Waals surface area (Å²) in [6.07, 6.45) is 2.31. The fourth-order valence-electron chi connectivity index (χ4n) is 1.47. The molecule has 1 rings (SSSR count). The fourth-order valence-corrected chi connectivity index (χ4v) is 2.82. The molecular weight excluding hydrogens is 230 g/mol. The van der Waals surface area contributed by atoms with E-state index in [1.165, 1.54) is 11.8 Å². The van der Waals surface area contributed by atoms with Crippen LogP contribution in [0.3, 0.4) is 0 Å². The maximum atomic E-state index is 10.7. The minimum atomic E-state index is -0.798. The van der Waals surface area contributed by atoms with Crippen molar-refractivity contribution in [1.29, 1.82) is 0 Å². The molecule has 1 N–H and O–H groups in total. The van der Waals surface area contributed by atoms with Crippen LogP contribution in [0.25, 0.3) is 0 Å². The Kier molecular flexibility index (Phi) is 4.86. The van der Waals surface area contributed by atoms with Gasteiger partial charge in [-0.25, -0.2) is 0 Å². The first kappa shape index (κ1) is 12.8. The molecule has 0 amide bonds. The molecule has 0 aromatic rings. The number of thioether (sulfide) groups is 1. The molecule has 1 aliphatic rings. The molecule has 0 saturated carbocycles. The molecule has 0 aliphatic carbocycles. The van der Waals surface area contributed by atoms with Crippen LogP contribution in [0.2, 0.25) is 0 Å². The van der Waals surface area contributed by atoms with Crippen LogP contribution in [0.4, 0.5) is 0 Å². The van der Waals surface area contributed by atoms with Crippen LogP contribution in [-0.4, -0.2) is 38.6 Å². The highest BCUT2D eigenvalue weighted by Crippen LogP contribution is 2.22. The number of hydrogen-bond acceptors (Lipinski definition) is 3. The largest absolute Gasteiger partial charge is 0.480 e. The monoisotopic (exact) mass is 247 g/mol. The molecule has 1 aliphatic heterocycles. The maximum Gasteiger partial charge on any atom is 0.316 e. The zero-order chi connectivity index (χ0) is 11.4. The highest BCUT2D eigenvalue weighted by molar-refractivity contribution is 8.23. The van der Waals surface area contributed by atoms with Gasteiger partial charge in [0, 0.05) is 13.1 Å². The molecule has 1 heterocycles. The van der Waals surface area contributed by atoms with Crippen LogP contribution in [0.5, 0.6) is 0 Å². The van der Waals surface area contributed by atoms with Gasteiger partial charge in [-0.15, -0.1) is 0 Å². The second kappa shape index (κ2) is 5.70. The minimum Gasteiger partial charge on any atom is -0.480 e. The molecule has 0 radical (unpaired) electrons. The molecule has 0 unspecified atom stereocenters. The van der Waals surface area contributed by atoms with Crippen molar-refractivity contribution in [3.05, 3.63) is 0 Å². The van der Waals surface area contributed by atoms with Crippen molar-refractivity contribution < 1.29 is 9.90 Å². The molecule has 5 heteroatoms. The normalized spacial score (nSPS) is 20.0. The van der Waals surface area contributed by atoms with Crippen LogP contribution >= 0.6 is 24.0 Å². The first-order valence-electron chi connectivity index (χ1n) is 5.19. The Morgan fingerprint density at radius 3 is 2.53 bits per heavy atom. The van der Waals surface area contributed by atoms with Crippen LogP contribution in [0.15, 0.2) is 0 Å². The Labute approximate surface area is 100 Å². The molecule has 0 spiro atoms. The molecule has 0 aromatic carbocycles. The summed E-state index contributed by atoms with van der Waals surface area (Å²) in [6, 6.07) is 0. The summed E-state index contributed by atoms with van der Waals surface area (Å²) in [5, 5.41) is 8.32. The van der Waals surface area contributed by atoms with Gasteiger partial charge in [-0.3, -0.25) is 4.79 Å². The summed E-state index contributed by atoms with van der Waals surface area (Å²) in [5.41, 5.74) is 0. The zero-order valence-electron chi connectivity index (χ0n) is 9.10. The average molecular weight is 247 g/mol. The molecule has 1 fully saturated rings. The summed E-state index contributed by atoms with van der Waals surface area (Å²) < 4.78 is 0.733. The summed E-state index contributed by atoms with van der Waals surface area (Å²) >= 11 is 6.51. The highest BCUT2D eigenvalue weighted by Gasteiger charge is 2.21. The van der Waals surface area contributed by atoms with E-state index in [1.807, 2.05) is 0 Å². The van der Waals surface area contributed by atoms with Crippen molar-refractivity contribution in [3.63, 3.8) is 0 Å². The van der Waals surface area contributed by atoms with Gasteiger partial charge in [0.25, 0.3) is 0 Å². The zero-order valence-corrected chi connectivity index (χ0v) is 10.7. The van der Waals surface area contributed by atoms with Gasteiger partial charge in [-0.1, -0.05) is 30.9 Å². The van der Waals surface area contributed by atoms with Crippen LogP contribution in [-0.2, 0) is 4.79 Å². The predicted octanol–water partition coefficient (Wildman–Crippen LogP) is 2.21. The van der Waals surface area contributed by atoms with Crippen molar-refractivity contribution >= 4 is 34.3 Å². The summed E-state index contributed by atoms with van der Waals surface area (Å²) in [6.45, 7) is 5.86. The highest BCUT2D eigenvalue weighted by atomic mass is 32.2. The van der Waals surface area contributed by atoms with Gasteiger partial charge in [-0.2, -0.15) is 0 Å². The molecule has 0 bridgehead atoms. The number of carboxylic acids is 1. The Balaban J connectivity index is 2.37. The van der Waals surface area contributed by atoms with Crippen molar-refractivity contribution in [2.75, 3.05) is 13.1 Å². The molecular formula is C10H17NO2S2. The Hall–Kier alpha value is -0.290. The Morgan fingerprint density at radius 2 is 2.07 bits per heavy atom. The van der Waals surface area contributed by atoms with Gasteiger partial charge in [0.05, 0.1) is 0 Å². The van der Waals surface area contributed by atoms with Crippen LogP contribution in [0.1, 0.15) is 26.7 Å². The van der Waals surface area contributed by atoms with Gasteiger partial charge < -0.3 is 10.0 Å². The lowest BCUT2D eigenvalue weighted by atomic mass is 10.00. The van der Waals surface area contributed by atoms with Gasteiger partial charge in [0.2, 0.25) is 0 Å². The minimum absolute atomic E-state index is 0.447. The molecule has 1 atom stereocenters. The predicted molar refractivity (Wildman–Crippen MR) is 67.3 cm³/mol. The lowest BCUT2D eigenvalue weighted by molar-refractivity contribution is -0.136. The quantitative estimate of drug-likeness (QED) is 0.758. The summed E-state index contributed by atoms with van der Waals surface area (Å²) in [7, 11) is 0. The summed E-state index contributed by atoms with van der Waals surface area (Å²) in [4.78, 5) is 12.8. The lowest BCUT2D eigenvalue weighted by Crippen LogP contribution is -2.36. The number of rotatable bonds is 2. The third kappa shape index (κ3) is 3.99. The number of thiocarbonyl (C=S) groups is 1. The number of nitrogens with zero attached hydrogens (tertiary/aromatic N) is 1. The molecule has 15 heavy (non-hydrogen) atoms. The van der Waals surface area contributed by atoms with Crippen molar-refractivity contribution in [2.24, 2.45) is 5.92 Å². The van der Waals surface area contributed by atoms with Gasteiger partial charge in [-0.05, 0) is 25.7 Å². The van der Waals surface area contributed by atoms with E-state index in [2.05, 4.69) is 11.8 Å². The maximum absolute atomic E-state index is 10.7. The van der Waals surface area contributed by atoms with E-state index < -0.39 is 11.2 Å². The van der Waals surface area contributed by atoms with E-state index in [0.29, 0.717) is 0 Å². The van der Waals surface area contributed by atoms with E-state index in [9.17, 15) is 4.79 Å². The lowest BCUT2D eigenvalue weighted by Gasteiger charge is -2.32. The number of likely N-dealkylation sites (tertiary alicyclic amines) is 1. The van der Waals surface area contributed by atoms with Gasteiger partial charge in [0.15, 0.2) is 0 Å². The van der Waals surface area contributed by atoms with Gasteiger partial charge >= 0.3 is 5.97 Å². The second-order valence-corrected chi connectivity index (χ2v) is 6.01. The van der Waals surface area contributed by atoms with E-state index in [0.717, 1.165) is 36.2 Å². The third-order valence-corrected chi connectivity index (χ3v) is 4.23. The van der Waals surface area contributed by atoms with E-state index >= 15 is 0 Å². The number of hydrogen-bond donors (Lipinski definition) is 1. The summed E-state index contributed by atoms with van der Waals surface area (Å²) in [5.74, 6) is -0.0290. The molecule has 86 valence electrons. The molecule has 3 nitrogen and oxygen atoms in total. The number of carboxylic acid groups (broad SMARTS) is 1. The Morgan fingerprint density at radius 1 is 1.53 bits per heavy atom. The second-order valence-electron chi connectivity index (χ2n) is 4.03. The van der Waals surface area contributed by atoms with Crippen molar-refractivity contribution in [3.8, 4) is 0 Å². The molecule has 1 saturated heterocycles. The average Bonchev–Trinajstić information content (AvgIpc) is 2.18. The van der Waals surface area contributed by atoms with E-state index in [1.54, 1.807) is 6.92 Å². The molecule has 0 aromatic heterocycles. The van der Waals surface area contributed by atoms with Crippen LogP contribution < -0.4 is 0 Å². The fraction of sp³-hybridized carbons (Fsp3) is 0.800. The topological polar surface area (TPSA) is 40.5 Å². The standard InChI is InChI=1S/C10H17NO2S2/c1-7-3-5-11(6-4-7)10(14)15-8(2)9(12)13/h7-8H,3-6H2,1-2H3,(H,12,13)/t8-/m0/s1. The number of piperidine rings is 1. The van der Waals surface area contributed by atoms with E-state index in [-0.39, 0.29) is 0 Å².